The molecule has 0 spiro atoms. The fourth-order valence-electron chi connectivity index (χ4n) is 2.14. The maximum absolute atomic E-state index is 11.7. The smallest absolute Gasteiger partial charge is 0.341 e. The molecule has 21 heavy (non-hydrogen) atoms. The van der Waals surface area contributed by atoms with Gasteiger partial charge in [0.1, 0.15) is 0 Å². The number of nitrogen functional groups attached to an aromatic ring is 1. The van der Waals surface area contributed by atoms with Crippen LogP contribution in [0, 0.1) is 0 Å². The highest BCUT2D eigenvalue weighted by Crippen LogP contribution is 2.26. The Morgan fingerprint density at radius 3 is 3.05 bits per heavy atom. The van der Waals surface area contributed by atoms with Gasteiger partial charge in [-0.3, -0.25) is 4.98 Å². The lowest BCUT2D eigenvalue weighted by Gasteiger charge is -2.08. The molecule has 0 saturated carbocycles. The number of nitrogens with zero attached hydrogens (tertiary/aromatic N) is 3. The monoisotopic (exact) mass is 282 g/mol. The lowest BCUT2D eigenvalue weighted by molar-refractivity contribution is 0.0526. The third-order valence-electron chi connectivity index (χ3n) is 3.14. The van der Waals surface area contributed by atoms with E-state index in [1.54, 1.807) is 24.0 Å². The van der Waals surface area contributed by atoms with E-state index < -0.39 is 5.97 Å². The minimum absolute atomic E-state index is 0.327. The van der Waals surface area contributed by atoms with Crippen LogP contribution in [0.1, 0.15) is 17.3 Å². The Hall–Kier alpha value is -2.89. The number of fused-ring (bicyclic) bond motifs is 1. The molecule has 0 aliphatic rings. The molecule has 0 unspecified atom stereocenters. The quantitative estimate of drug-likeness (QED) is 0.588. The van der Waals surface area contributed by atoms with Crippen LogP contribution < -0.4 is 5.73 Å². The van der Waals surface area contributed by atoms with Crippen LogP contribution in [-0.2, 0) is 4.74 Å². The summed E-state index contributed by atoms with van der Waals surface area (Å²) in [5, 5.41) is 5.02. The Labute approximate surface area is 121 Å². The Bertz CT molecular complexity index is 810. The molecule has 2 N–H and O–H groups in total. The van der Waals surface area contributed by atoms with Gasteiger partial charge in [-0.05, 0) is 31.2 Å². The fourth-order valence-corrected chi connectivity index (χ4v) is 2.14. The molecule has 2 aromatic heterocycles. The summed E-state index contributed by atoms with van der Waals surface area (Å²) in [6.45, 7) is 2.09. The summed E-state index contributed by atoms with van der Waals surface area (Å²) >= 11 is 0. The first kappa shape index (κ1) is 13.1. The van der Waals surface area contributed by atoms with Crippen molar-refractivity contribution in [3.63, 3.8) is 0 Å². The average molecular weight is 282 g/mol. The Morgan fingerprint density at radius 2 is 2.24 bits per heavy atom. The van der Waals surface area contributed by atoms with Crippen molar-refractivity contribution in [3.8, 4) is 5.69 Å². The molecule has 0 radical (unpaired) electrons. The minimum atomic E-state index is -0.398. The Balaban J connectivity index is 2.05. The number of benzene rings is 1. The van der Waals surface area contributed by atoms with Crippen LogP contribution in [0.5, 0.6) is 0 Å². The molecule has 3 aromatic rings. The minimum Gasteiger partial charge on any atom is -0.462 e. The predicted molar refractivity (Wildman–Crippen MR) is 79.2 cm³/mol. The second-order valence-electron chi connectivity index (χ2n) is 4.46. The molecule has 0 fully saturated rings. The van der Waals surface area contributed by atoms with Crippen LogP contribution in [0.25, 0.3) is 16.6 Å². The lowest BCUT2D eigenvalue weighted by Crippen LogP contribution is -2.04. The molecule has 0 atom stereocenters. The van der Waals surface area contributed by atoms with E-state index >= 15 is 0 Å². The number of rotatable bonds is 3. The van der Waals surface area contributed by atoms with Gasteiger partial charge in [0.25, 0.3) is 0 Å². The van der Waals surface area contributed by atoms with Crippen LogP contribution in [0.4, 0.5) is 5.69 Å². The Morgan fingerprint density at radius 1 is 1.38 bits per heavy atom. The molecule has 0 aliphatic heterocycles. The highest BCUT2D eigenvalue weighted by molar-refractivity contribution is 5.94. The lowest BCUT2D eigenvalue weighted by atomic mass is 10.1. The van der Waals surface area contributed by atoms with Gasteiger partial charge in [-0.2, -0.15) is 5.10 Å². The van der Waals surface area contributed by atoms with Crippen molar-refractivity contribution in [3.05, 3.63) is 48.4 Å². The van der Waals surface area contributed by atoms with E-state index in [1.165, 1.54) is 6.20 Å². The van der Waals surface area contributed by atoms with E-state index in [1.807, 2.05) is 24.3 Å². The van der Waals surface area contributed by atoms with Crippen LogP contribution >= 0.6 is 0 Å². The normalized spacial score (nSPS) is 10.7. The van der Waals surface area contributed by atoms with Gasteiger partial charge in [-0.25, -0.2) is 9.48 Å². The van der Waals surface area contributed by atoms with Gasteiger partial charge >= 0.3 is 5.97 Å². The summed E-state index contributed by atoms with van der Waals surface area (Å²) in [7, 11) is 0. The Kier molecular flexibility index (Phi) is 3.27. The van der Waals surface area contributed by atoms with Gasteiger partial charge in [0.05, 0.1) is 35.3 Å². The SMILES string of the molecule is CCOC(=O)c1cnn(-c2ccc3ncccc3c2N)c1. The zero-order valence-corrected chi connectivity index (χ0v) is 11.5. The first-order valence-corrected chi connectivity index (χ1v) is 6.56. The number of aromatic nitrogens is 3. The van der Waals surface area contributed by atoms with Crippen molar-refractivity contribution < 1.29 is 9.53 Å². The van der Waals surface area contributed by atoms with Gasteiger partial charge < -0.3 is 10.5 Å². The first-order chi connectivity index (χ1) is 10.2. The molecule has 0 saturated heterocycles. The molecule has 6 heteroatoms. The molecule has 0 bridgehead atoms. The second kappa shape index (κ2) is 5.24. The summed E-state index contributed by atoms with van der Waals surface area (Å²) in [5.74, 6) is -0.398. The number of hydrogen-bond acceptors (Lipinski definition) is 5. The second-order valence-corrected chi connectivity index (χ2v) is 4.46. The number of carbonyl (C=O) groups excluding carboxylic acids is 1. The maximum atomic E-state index is 11.7. The molecule has 2 heterocycles. The molecule has 3 rings (SSSR count). The van der Waals surface area contributed by atoms with E-state index in [0.717, 1.165) is 10.9 Å². The summed E-state index contributed by atoms with van der Waals surface area (Å²) in [6, 6.07) is 7.42. The van der Waals surface area contributed by atoms with Crippen molar-refractivity contribution in [1.29, 1.82) is 0 Å². The van der Waals surface area contributed by atoms with E-state index in [4.69, 9.17) is 10.5 Å². The topological polar surface area (TPSA) is 83.0 Å². The van der Waals surface area contributed by atoms with Crippen LogP contribution in [0.2, 0.25) is 0 Å². The number of pyridine rings is 1. The molecule has 106 valence electrons. The van der Waals surface area contributed by atoms with E-state index in [0.29, 0.717) is 23.5 Å². The van der Waals surface area contributed by atoms with E-state index in [-0.39, 0.29) is 0 Å². The summed E-state index contributed by atoms with van der Waals surface area (Å²) in [4.78, 5) is 15.9. The van der Waals surface area contributed by atoms with Crippen molar-refractivity contribution in [1.82, 2.24) is 14.8 Å². The van der Waals surface area contributed by atoms with Crippen LogP contribution in [-0.4, -0.2) is 27.3 Å². The molecule has 0 amide bonds. The van der Waals surface area contributed by atoms with Crippen LogP contribution in [0.3, 0.4) is 0 Å². The van der Waals surface area contributed by atoms with Gasteiger partial charge in [0, 0.05) is 17.8 Å². The van der Waals surface area contributed by atoms with Gasteiger partial charge in [-0.1, -0.05) is 0 Å². The average Bonchev–Trinajstić information content (AvgIpc) is 2.98. The number of hydrogen-bond donors (Lipinski definition) is 1. The zero-order valence-electron chi connectivity index (χ0n) is 11.5. The largest absolute Gasteiger partial charge is 0.462 e. The summed E-state index contributed by atoms with van der Waals surface area (Å²) in [5.41, 5.74) is 8.65. The van der Waals surface area contributed by atoms with Gasteiger partial charge in [0.2, 0.25) is 0 Å². The van der Waals surface area contributed by atoms with E-state index in [9.17, 15) is 4.79 Å². The maximum Gasteiger partial charge on any atom is 0.341 e. The third-order valence-corrected chi connectivity index (χ3v) is 3.14. The fraction of sp³-hybridized carbons (Fsp3) is 0.133. The van der Waals surface area contributed by atoms with Crippen LogP contribution in [0.15, 0.2) is 42.9 Å². The van der Waals surface area contributed by atoms with E-state index in [2.05, 4.69) is 10.1 Å². The number of carbonyl (C=O) groups is 1. The highest BCUT2D eigenvalue weighted by atomic mass is 16.5. The standard InChI is InChI=1S/C15H14N4O2/c1-2-21-15(20)10-8-18-19(9-10)13-6-5-12-11(14(13)16)4-3-7-17-12/h3-9H,2,16H2,1H3. The van der Waals surface area contributed by atoms with Crippen molar-refractivity contribution >= 4 is 22.6 Å². The molecule has 1 aromatic carbocycles. The number of nitrogens with two attached hydrogens (primary N) is 1. The molecule has 6 nitrogen and oxygen atoms in total. The van der Waals surface area contributed by atoms with Gasteiger partial charge in [0.15, 0.2) is 0 Å². The zero-order chi connectivity index (χ0) is 14.8. The van der Waals surface area contributed by atoms with Gasteiger partial charge in [-0.15, -0.1) is 0 Å². The third kappa shape index (κ3) is 2.31. The first-order valence-electron chi connectivity index (χ1n) is 6.56. The van der Waals surface area contributed by atoms with Crippen molar-refractivity contribution in [2.24, 2.45) is 0 Å². The number of esters is 1. The summed E-state index contributed by atoms with van der Waals surface area (Å²) in [6.07, 6.45) is 4.78. The molecular weight excluding hydrogens is 268 g/mol. The predicted octanol–water partition coefficient (Wildman–Crippen LogP) is 2.18. The highest BCUT2D eigenvalue weighted by Gasteiger charge is 2.12. The number of anilines is 1. The number of ether oxygens (including phenoxy) is 1. The summed E-state index contributed by atoms with van der Waals surface area (Å²) < 4.78 is 6.51. The molecular formula is C15H14N4O2. The molecule has 0 aliphatic carbocycles. The van der Waals surface area contributed by atoms with Crippen molar-refractivity contribution in [2.45, 2.75) is 6.92 Å². The van der Waals surface area contributed by atoms with Crippen molar-refractivity contribution in [2.75, 3.05) is 12.3 Å².